The highest BCUT2D eigenvalue weighted by atomic mass is 35.5. The van der Waals surface area contributed by atoms with Crippen molar-refractivity contribution >= 4 is 28.9 Å². The number of methoxy groups -OCH3 is 1. The van der Waals surface area contributed by atoms with Crippen LogP contribution in [0.25, 0.3) is 5.13 Å². The van der Waals surface area contributed by atoms with E-state index < -0.39 is 5.97 Å². The maximum atomic E-state index is 11.4. The van der Waals surface area contributed by atoms with Crippen molar-refractivity contribution in [2.75, 3.05) is 7.11 Å². The third-order valence-electron chi connectivity index (χ3n) is 2.00. The summed E-state index contributed by atoms with van der Waals surface area (Å²) in [4.78, 5) is 19.9. The van der Waals surface area contributed by atoms with Gasteiger partial charge in [-0.25, -0.2) is 14.8 Å². The molecule has 0 atom stereocenters. The summed E-state index contributed by atoms with van der Waals surface area (Å²) in [6, 6.07) is 0. The Hall–Kier alpha value is -1.47. The van der Waals surface area contributed by atoms with Gasteiger partial charge in [0.25, 0.3) is 0 Å². The van der Waals surface area contributed by atoms with Crippen LogP contribution in [-0.4, -0.2) is 32.8 Å². The second kappa shape index (κ2) is 4.42. The molecule has 0 aliphatic carbocycles. The predicted octanol–water partition coefficient (Wildman–Crippen LogP) is 1.78. The molecular weight excluding hydrogens is 264 g/mol. The van der Waals surface area contributed by atoms with Gasteiger partial charge in [-0.2, -0.15) is 4.68 Å². The first kappa shape index (κ1) is 12.0. The van der Waals surface area contributed by atoms with Crippen molar-refractivity contribution in [2.45, 2.75) is 13.8 Å². The van der Waals surface area contributed by atoms with Gasteiger partial charge < -0.3 is 4.74 Å². The van der Waals surface area contributed by atoms with Gasteiger partial charge in [-0.05, 0) is 13.8 Å². The lowest BCUT2D eigenvalue weighted by Crippen LogP contribution is -1.98. The summed E-state index contributed by atoms with van der Waals surface area (Å²) in [6.45, 7) is 3.58. The Morgan fingerprint density at radius 2 is 2.12 bits per heavy atom. The summed E-state index contributed by atoms with van der Waals surface area (Å²) < 4.78 is 6.14. The Morgan fingerprint density at radius 1 is 1.41 bits per heavy atom. The molecule has 0 aromatic carbocycles. The summed E-state index contributed by atoms with van der Waals surface area (Å²) in [7, 11) is 1.29. The Labute approximate surface area is 106 Å². The highest BCUT2D eigenvalue weighted by Crippen LogP contribution is 2.26. The van der Waals surface area contributed by atoms with E-state index in [0.717, 1.165) is 11.3 Å². The topological polar surface area (TPSA) is 69.9 Å². The zero-order valence-corrected chi connectivity index (χ0v) is 11.0. The van der Waals surface area contributed by atoms with Crippen molar-refractivity contribution in [1.29, 1.82) is 0 Å². The van der Waals surface area contributed by atoms with Gasteiger partial charge in [0.2, 0.25) is 5.13 Å². The third kappa shape index (κ3) is 2.16. The van der Waals surface area contributed by atoms with Crippen molar-refractivity contribution in [3.05, 3.63) is 21.7 Å². The second-order valence-corrected chi connectivity index (χ2v) is 4.56. The van der Waals surface area contributed by atoms with Crippen LogP contribution in [0.1, 0.15) is 21.3 Å². The number of hydrogen-bond acceptors (Lipinski definition) is 6. The summed E-state index contributed by atoms with van der Waals surface area (Å²) >= 11 is 6.98. The first-order chi connectivity index (χ1) is 8.02. The van der Waals surface area contributed by atoms with E-state index in [-0.39, 0.29) is 10.0 Å². The highest BCUT2D eigenvalue weighted by Gasteiger charge is 2.19. The maximum absolute atomic E-state index is 11.4. The fraction of sp³-hybridized carbons (Fsp3) is 0.333. The van der Waals surface area contributed by atoms with E-state index in [1.807, 2.05) is 0 Å². The normalized spacial score (nSPS) is 10.6. The Bertz CT molecular complexity index is 578. The molecule has 0 N–H and O–H groups in total. The number of carbonyl (C=O) groups is 1. The fourth-order valence-electron chi connectivity index (χ4n) is 1.30. The van der Waals surface area contributed by atoms with Crippen molar-refractivity contribution in [1.82, 2.24) is 19.7 Å². The number of esters is 1. The minimum atomic E-state index is -0.506. The van der Waals surface area contributed by atoms with Crippen LogP contribution in [0.2, 0.25) is 5.15 Å². The molecule has 2 aromatic heterocycles. The lowest BCUT2D eigenvalue weighted by molar-refractivity contribution is 0.0606. The van der Waals surface area contributed by atoms with Gasteiger partial charge in [-0.15, -0.1) is 5.10 Å². The molecule has 0 amide bonds. The SMILES string of the molecule is COC(=O)c1sc(-n2nc(C)nc2C)nc1Cl. The average molecular weight is 273 g/mol. The summed E-state index contributed by atoms with van der Waals surface area (Å²) in [5.41, 5.74) is 0. The van der Waals surface area contributed by atoms with Gasteiger partial charge in [0, 0.05) is 0 Å². The van der Waals surface area contributed by atoms with Gasteiger partial charge in [-0.1, -0.05) is 22.9 Å². The zero-order valence-electron chi connectivity index (χ0n) is 9.39. The Balaban J connectivity index is 2.48. The van der Waals surface area contributed by atoms with Crippen LogP contribution in [0.15, 0.2) is 0 Å². The van der Waals surface area contributed by atoms with E-state index in [0.29, 0.717) is 16.8 Å². The van der Waals surface area contributed by atoms with Gasteiger partial charge in [0.05, 0.1) is 7.11 Å². The number of hydrogen-bond donors (Lipinski definition) is 0. The molecule has 2 heterocycles. The third-order valence-corrected chi connectivity index (χ3v) is 3.40. The molecular formula is C9H9ClN4O2S. The molecule has 0 fully saturated rings. The Morgan fingerprint density at radius 3 is 2.65 bits per heavy atom. The van der Waals surface area contributed by atoms with Crippen LogP contribution in [0.4, 0.5) is 0 Å². The van der Waals surface area contributed by atoms with E-state index in [1.165, 1.54) is 7.11 Å². The lowest BCUT2D eigenvalue weighted by atomic mass is 10.6. The molecule has 0 spiro atoms. The molecule has 0 aliphatic rings. The minimum Gasteiger partial charge on any atom is -0.465 e. The predicted molar refractivity (Wildman–Crippen MR) is 62.9 cm³/mol. The smallest absolute Gasteiger partial charge is 0.351 e. The standard InChI is InChI=1S/C9H9ClN4O2S/c1-4-11-5(2)14(13-4)9-12-7(10)6(17-9)8(15)16-3/h1-3H3. The van der Waals surface area contributed by atoms with Gasteiger partial charge in [0.15, 0.2) is 10.0 Å². The average Bonchev–Trinajstić information content (AvgIpc) is 2.80. The Kier molecular flexibility index (Phi) is 3.12. The molecule has 2 rings (SSSR count). The first-order valence-corrected chi connectivity index (χ1v) is 5.87. The molecule has 0 radical (unpaired) electrons. The molecule has 8 heteroatoms. The number of aromatic nitrogens is 4. The number of ether oxygens (including phenoxy) is 1. The lowest BCUT2D eigenvalue weighted by Gasteiger charge is -1.95. The van der Waals surface area contributed by atoms with Crippen LogP contribution in [0.3, 0.4) is 0 Å². The zero-order chi connectivity index (χ0) is 12.6. The number of nitrogens with zero attached hydrogens (tertiary/aromatic N) is 4. The minimum absolute atomic E-state index is 0.115. The molecule has 0 unspecified atom stereocenters. The monoisotopic (exact) mass is 272 g/mol. The molecule has 0 bridgehead atoms. The van der Waals surface area contributed by atoms with Crippen LogP contribution in [-0.2, 0) is 4.74 Å². The first-order valence-electron chi connectivity index (χ1n) is 4.68. The van der Waals surface area contributed by atoms with Crippen LogP contribution < -0.4 is 0 Å². The molecule has 6 nitrogen and oxygen atoms in total. The van der Waals surface area contributed by atoms with Crippen molar-refractivity contribution in [2.24, 2.45) is 0 Å². The largest absolute Gasteiger partial charge is 0.465 e. The summed E-state index contributed by atoms with van der Waals surface area (Å²) in [5, 5.41) is 4.77. The number of rotatable bonds is 2. The van der Waals surface area contributed by atoms with Crippen LogP contribution in [0, 0.1) is 13.8 Å². The van der Waals surface area contributed by atoms with E-state index in [9.17, 15) is 4.79 Å². The molecule has 17 heavy (non-hydrogen) atoms. The highest BCUT2D eigenvalue weighted by molar-refractivity contribution is 7.16. The maximum Gasteiger partial charge on any atom is 0.351 e. The molecule has 90 valence electrons. The fourth-order valence-corrected chi connectivity index (χ4v) is 2.50. The van der Waals surface area contributed by atoms with E-state index >= 15 is 0 Å². The van der Waals surface area contributed by atoms with Gasteiger partial charge in [-0.3, -0.25) is 0 Å². The second-order valence-electron chi connectivity index (χ2n) is 3.23. The number of halogens is 1. The molecule has 0 saturated heterocycles. The van der Waals surface area contributed by atoms with Crippen LogP contribution in [0.5, 0.6) is 0 Å². The van der Waals surface area contributed by atoms with E-state index in [1.54, 1.807) is 18.5 Å². The van der Waals surface area contributed by atoms with Crippen molar-refractivity contribution in [3.63, 3.8) is 0 Å². The van der Waals surface area contributed by atoms with Gasteiger partial charge in [0.1, 0.15) is 11.6 Å². The molecule has 0 aliphatic heterocycles. The van der Waals surface area contributed by atoms with Crippen molar-refractivity contribution < 1.29 is 9.53 Å². The van der Waals surface area contributed by atoms with Gasteiger partial charge >= 0.3 is 5.97 Å². The number of thiazole rings is 1. The summed E-state index contributed by atoms with van der Waals surface area (Å²) in [6.07, 6.45) is 0. The summed E-state index contributed by atoms with van der Waals surface area (Å²) in [5.74, 6) is 0.811. The quantitative estimate of drug-likeness (QED) is 0.780. The van der Waals surface area contributed by atoms with E-state index in [4.69, 9.17) is 11.6 Å². The number of carbonyl (C=O) groups excluding carboxylic acids is 1. The van der Waals surface area contributed by atoms with E-state index in [2.05, 4.69) is 19.8 Å². The molecule has 0 saturated carbocycles. The van der Waals surface area contributed by atoms with Crippen LogP contribution >= 0.6 is 22.9 Å². The number of aryl methyl sites for hydroxylation is 2. The van der Waals surface area contributed by atoms with Crippen molar-refractivity contribution in [3.8, 4) is 5.13 Å². The molecule has 2 aromatic rings.